The van der Waals surface area contributed by atoms with Gasteiger partial charge in [0.15, 0.2) is 0 Å². The number of rotatable bonds is 4. The molecule has 1 saturated heterocycles. The molecule has 2 N–H and O–H groups in total. The van der Waals surface area contributed by atoms with Crippen molar-refractivity contribution < 1.29 is 4.74 Å². The Kier molecular flexibility index (Phi) is 4.71. The van der Waals surface area contributed by atoms with Crippen LogP contribution in [0.2, 0.25) is 0 Å². The van der Waals surface area contributed by atoms with Crippen LogP contribution in [-0.2, 0) is 6.54 Å². The van der Waals surface area contributed by atoms with Crippen LogP contribution in [0, 0.1) is 5.41 Å². The van der Waals surface area contributed by atoms with E-state index in [0.29, 0.717) is 6.04 Å². The van der Waals surface area contributed by atoms with Crippen LogP contribution in [0.4, 0.5) is 0 Å². The van der Waals surface area contributed by atoms with Crippen LogP contribution >= 0.6 is 11.3 Å². The molecule has 0 aliphatic carbocycles. The Morgan fingerprint density at radius 3 is 3.00 bits per heavy atom. The highest BCUT2D eigenvalue weighted by molar-refractivity contribution is 7.13. The Labute approximate surface area is 142 Å². The van der Waals surface area contributed by atoms with Gasteiger partial charge in [0.1, 0.15) is 10.8 Å². The highest BCUT2D eigenvalue weighted by Crippen LogP contribution is 2.30. The topological polar surface area (TPSA) is 51.4 Å². The summed E-state index contributed by atoms with van der Waals surface area (Å²) in [6.07, 6.45) is 1.06. The largest absolute Gasteiger partial charge is 0.497 e. The normalized spacial score (nSPS) is 21.3. The first-order valence-electron chi connectivity index (χ1n) is 8.05. The Bertz CT molecular complexity index is 668. The molecule has 1 fully saturated rings. The fraction of sp³-hybridized carbons (Fsp3) is 0.500. The monoisotopic (exact) mass is 331 g/mol. The molecule has 124 valence electrons. The third-order valence-corrected chi connectivity index (χ3v) is 5.59. The van der Waals surface area contributed by atoms with Gasteiger partial charge in [0.25, 0.3) is 0 Å². The molecule has 1 aliphatic heterocycles. The minimum absolute atomic E-state index is 0.171. The van der Waals surface area contributed by atoms with Gasteiger partial charge < -0.3 is 10.5 Å². The molecule has 0 amide bonds. The minimum Gasteiger partial charge on any atom is -0.497 e. The average Bonchev–Trinajstić information content (AvgIpc) is 2.99. The highest BCUT2D eigenvalue weighted by Gasteiger charge is 2.33. The molecule has 0 spiro atoms. The second-order valence-electron chi connectivity index (χ2n) is 6.97. The number of hydrogen-bond donors (Lipinski definition) is 1. The summed E-state index contributed by atoms with van der Waals surface area (Å²) in [5.74, 6) is 0.867. The number of piperidine rings is 1. The van der Waals surface area contributed by atoms with Crippen LogP contribution in [-0.4, -0.2) is 36.1 Å². The summed E-state index contributed by atoms with van der Waals surface area (Å²) in [6, 6.07) is 8.36. The molecule has 2 aromatic rings. The molecule has 5 heteroatoms. The quantitative estimate of drug-likeness (QED) is 0.933. The summed E-state index contributed by atoms with van der Waals surface area (Å²) >= 11 is 1.69. The van der Waals surface area contributed by atoms with Crippen molar-refractivity contribution in [2.45, 2.75) is 32.9 Å². The van der Waals surface area contributed by atoms with Crippen LogP contribution in [0.3, 0.4) is 0 Å². The number of thiazole rings is 1. The zero-order valence-electron chi connectivity index (χ0n) is 14.1. The van der Waals surface area contributed by atoms with Gasteiger partial charge in [-0.3, -0.25) is 4.90 Å². The molecule has 1 aromatic carbocycles. The van der Waals surface area contributed by atoms with Gasteiger partial charge >= 0.3 is 0 Å². The van der Waals surface area contributed by atoms with E-state index in [1.165, 1.54) is 0 Å². The predicted molar refractivity (Wildman–Crippen MR) is 95.8 cm³/mol. The number of benzene rings is 1. The summed E-state index contributed by atoms with van der Waals surface area (Å²) in [5, 5.41) is 3.21. The average molecular weight is 331 g/mol. The predicted octanol–water partition coefficient (Wildman–Crippen LogP) is 3.38. The summed E-state index contributed by atoms with van der Waals surface area (Å²) in [6.45, 7) is 7.49. The Morgan fingerprint density at radius 2 is 2.26 bits per heavy atom. The first-order chi connectivity index (χ1) is 11.0. The maximum atomic E-state index is 6.22. The molecule has 1 atom stereocenters. The van der Waals surface area contributed by atoms with Gasteiger partial charge in [-0.05, 0) is 24.0 Å². The second-order valence-corrected chi connectivity index (χ2v) is 7.83. The van der Waals surface area contributed by atoms with Gasteiger partial charge in [0.05, 0.1) is 12.8 Å². The third-order valence-electron chi connectivity index (χ3n) is 4.65. The molecule has 0 radical (unpaired) electrons. The Balaban J connectivity index is 1.70. The molecule has 0 saturated carbocycles. The zero-order valence-corrected chi connectivity index (χ0v) is 14.9. The van der Waals surface area contributed by atoms with E-state index >= 15 is 0 Å². The molecule has 1 aromatic heterocycles. The number of aromatic nitrogens is 1. The standard InChI is InChI=1S/C18H25N3OS/c1-18(2)12-21(8-7-16(18)19)10-14-11-23-17(20-14)13-5-4-6-15(9-13)22-3/h4-6,9,11,16H,7-8,10,12,19H2,1-3H3. The number of methoxy groups -OCH3 is 1. The Morgan fingerprint density at radius 1 is 1.43 bits per heavy atom. The van der Waals surface area contributed by atoms with Gasteiger partial charge in [-0.15, -0.1) is 11.3 Å². The summed E-state index contributed by atoms with van der Waals surface area (Å²) in [7, 11) is 1.69. The van der Waals surface area contributed by atoms with Gasteiger partial charge in [0, 0.05) is 36.6 Å². The molecule has 23 heavy (non-hydrogen) atoms. The van der Waals surface area contributed by atoms with E-state index in [9.17, 15) is 0 Å². The van der Waals surface area contributed by atoms with Crippen molar-refractivity contribution in [1.29, 1.82) is 0 Å². The molecule has 2 heterocycles. The molecule has 4 nitrogen and oxygen atoms in total. The van der Waals surface area contributed by atoms with Crippen molar-refractivity contribution in [3.8, 4) is 16.3 Å². The smallest absolute Gasteiger partial charge is 0.123 e. The van der Waals surface area contributed by atoms with E-state index < -0.39 is 0 Å². The fourth-order valence-corrected chi connectivity index (χ4v) is 3.93. The van der Waals surface area contributed by atoms with Gasteiger partial charge in [-0.2, -0.15) is 0 Å². The fourth-order valence-electron chi connectivity index (χ4n) is 3.12. The van der Waals surface area contributed by atoms with E-state index in [4.69, 9.17) is 15.5 Å². The van der Waals surface area contributed by atoms with Gasteiger partial charge in [-0.1, -0.05) is 26.0 Å². The summed E-state index contributed by atoms with van der Waals surface area (Å²) in [4.78, 5) is 7.27. The van der Waals surface area contributed by atoms with Crippen molar-refractivity contribution >= 4 is 11.3 Å². The maximum absolute atomic E-state index is 6.22. The van der Waals surface area contributed by atoms with Crippen molar-refractivity contribution in [3.05, 3.63) is 35.3 Å². The number of ether oxygens (including phenoxy) is 1. The van der Waals surface area contributed by atoms with Crippen molar-refractivity contribution in [2.24, 2.45) is 11.1 Å². The van der Waals surface area contributed by atoms with Crippen LogP contribution < -0.4 is 10.5 Å². The lowest BCUT2D eigenvalue weighted by molar-refractivity contribution is 0.0891. The number of nitrogens with two attached hydrogens (primary N) is 1. The number of nitrogens with zero attached hydrogens (tertiary/aromatic N) is 2. The number of likely N-dealkylation sites (tertiary alicyclic amines) is 1. The van der Waals surface area contributed by atoms with Crippen molar-refractivity contribution in [3.63, 3.8) is 0 Å². The molecule has 3 rings (SSSR count). The van der Waals surface area contributed by atoms with Crippen molar-refractivity contribution in [2.75, 3.05) is 20.2 Å². The SMILES string of the molecule is COc1cccc(-c2nc(CN3CCC(N)C(C)(C)C3)cs2)c1. The lowest BCUT2D eigenvalue weighted by atomic mass is 9.80. The van der Waals surface area contributed by atoms with Crippen LogP contribution in [0.15, 0.2) is 29.6 Å². The molecule has 1 unspecified atom stereocenters. The van der Waals surface area contributed by atoms with E-state index in [-0.39, 0.29) is 5.41 Å². The lowest BCUT2D eigenvalue weighted by Gasteiger charge is -2.42. The maximum Gasteiger partial charge on any atom is 0.123 e. The first-order valence-corrected chi connectivity index (χ1v) is 8.93. The van der Waals surface area contributed by atoms with E-state index in [2.05, 4.69) is 30.2 Å². The zero-order chi connectivity index (χ0) is 16.4. The van der Waals surface area contributed by atoms with E-state index in [1.807, 2.05) is 18.2 Å². The summed E-state index contributed by atoms with van der Waals surface area (Å²) < 4.78 is 5.29. The molecule has 0 bridgehead atoms. The van der Waals surface area contributed by atoms with Gasteiger partial charge in [0.2, 0.25) is 0 Å². The first kappa shape index (κ1) is 16.4. The van der Waals surface area contributed by atoms with Gasteiger partial charge in [-0.25, -0.2) is 4.98 Å². The number of hydrogen-bond acceptors (Lipinski definition) is 5. The van der Waals surface area contributed by atoms with Crippen LogP contribution in [0.25, 0.3) is 10.6 Å². The molecular weight excluding hydrogens is 306 g/mol. The highest BCUT2D eigenvalue weighted by atomic mass is 32.1. The molecule has 1 aliphatic rings. The minimum atomic E-state index is 0.171. The lowest BCUT2D eigenvalue weighted by Crippen LogP contribution is -2.52. The molecular formula is C18H25N3OS. The van der Waals surface area contributed by atoms with E-state index in [0.717, 1.165) is 48.1 Å². The summed E-state index contributed by atoms with van der Waals surface area (Å²) in [5.41, 5.74) is 8.64. The van der Waals surface area contributed by atoms with Crippen LogP contribution in [0.1, 0.15) is 26.0 Å². The Hall–Kier alpha value is -1.43. The third kappa shape index (κ3) is 3.74. The van der Waals surface area contributed by atoms with Crippen LogP contribution in [0.5, 0.6) is 5.75 Å². The second kappa shape index (κ2) is 6.59. The van der Waals surface area contributed by atoms with Crippen molar-refractivity contribution in [1.82, 2.24) is 9.88 Å². The van der Waals surface area contributed by atoms with E-state index in [1.54, 1.807) is 18.4 Å².